The molecule has 1 aromatic carbocycles. The van der Waals surface area contributed by atoms with Gasteiger partial charge in [-0.3, -0.25) is 4.79 Å². The molecule has 0 aliphatic rings. The zero-order valence-electron chi connectivity index (χ0n) is 13.1. The average Bonchev–Trinajstić information content (AvgIpc) is 2.49. The molecule has 0 aliphatic carbocycles. The number of carbonyl (C=O) groups is 1. The van der Waals surface area contributed by atoms with Gasteiger partial charge >= 0.3 is 5.97 Å². The van der Waals surface area contributed by atoms with Crippen molar-refractivity contribution < 1.29 is 9.90 Å². The van der Waals surface area contributed by atoms with Gasteiger partial charge < -0.3 is 9.67 Å². The molecule has 2 aromatic rings. The predicted molar refractivity (Wildman–Crippen MR) is 92.9 cm³/mol. The molecule has 0 saturated heterocycles. The van der Waals surface area contributed by atoms with E-state index in [2.05, 4.69) is 0 Å². The Balaban J connectivity index is 2.93. The Kier molecular flexibility index (Phi) is 5.17. The van der Waals surface area contributed by atoms with Crippen molar-refractivity contribution in [2.45, 2.75) is 33.7 Å². The van der Waals surface area contributed by atoms with Gasteiger partial charge in [-0.1, -0.05) is 36.2 Å². The minimum Gasteiger partial charge on any atom is -0.477 e. The molecule has 0 aliphatic heterocycles. The second-order valence-corrected chi connectivity index (χ2v) is 5.96. The minimum atomic E-state index is -1.21. The number of hydrogen-bond acceptors (Lipinski definition) is 2. The van der Waals surface area contributed by atoms with Crippen LogP contribution in [0.15, 0.2) is 23.0 Å². The number of nitrogens with zero attached hydrogens (tertiary/aromatic N) is 1. The van der Waals surface area contributed by atoms with E-state index in [9.17, 15) is 14.7 Å². The summed E-state index contributed by atoms with van der Waals surface area (Å²) < 4.78 is 1.86. The number of carboxylic acid groups (broad SMARTS) is 1. The van der Waals surface area contributed by atoms with Crippen LogP contribution in [-0.2, 0) is 13.0 Å². The minimum absolute atomic E-state index is 0.180. The van der Waals surface area contributed by atoms with Crippen molar-refractivity contribution in [3.05, 3.63) is 55.4 Å². The molecule has 0 radical (unpaired) electrons. The topological polar surface area (TPSA) is 59.3 Å². The van der Waals surface area contributed by atoms with Crippen LogP contribution in [0.2, 0.25) is 10.0 Å². The number of aromatic nitrogens is 1. The Morgan fingerprint density at radius 2 is 1.87 bits per heavy atom. The molecular formula is C17H17Cl2NO3. The second kappa shape index (κ2) is 6.77. The van der Waals surface area contributed by atoms with Crippen LogP contribution in [0.5, 0.6) is 0 Å². The molecule has 0 fully saturated rings. The first-order chi connectivity index (χ1) is 10.8. The number of aromatic carboxylic acids is 1. The van der Waals surface area contributed by atoms with Gasteiger partial charge in [-0.05, 0) is 38.0 Å². The van der Waals surface area contributed by atoms with Crippen LogP contribution in [0.4, 0.5) is 0 Å². The fraction of sp³-hybridized carbons (Fsp3) is 0.294. The van der Waals surface area contributed by atoms with Gasteiger partial charge in [0.2, 0.25) is 5.43 Å². The van der Waals surface area contributed by atoms with Gasteiger partial charge in [-0.15, -0.1) is 0 Å². The van der Waals surface area contributed by atoms with Gasteiger partial charge in [0.25, 0.3) is 0 Å². The van der Waals surface area contributed by atoms with Gasteiger partial charge in [0.15, 0.2) is 0 Å². The first-order valence-corrected chi connectivity index (χ1v) is 8.03. The lowest BCUT2D eigenvalue weighted by Gasteiger charge is -2.20. The number of benzene rings is 1. The zero-order valence-corrected chi connectivity index (χ0v) is 14.6. The van der Waals surface area contributed by atoms with E-state index in [0.717, 1.165) is 5.69 Å². The van der Waals surface area contributed by atoms with Crippen molar-refractivity contribution in [3.8, 4) is 11.1 Å². The van der Waals surface area contributed by atoms with Crippen LogP contribution >= 0.6 is 23.2 Å². The highest BCUT2D eigenvalue weighted by atomic mass is 35.5. The molecule has 2 rings (SSSR count). The standard InChI is InChI=1S/C17H17Cl2NO3/c1-4-13-15(17(22)23)16(21)14(9(3)20(13)5-2)10-6-7-11(18)12(19)8-10/h6-8H,4-5H2,1-3H3,(H,22,23). The maximum atomic E-state index is 12.8. The third kappa shape index (κ3) is 3.01. The van der Waals surface area contributed by atoms with Gasteiger partial charge in [0.05, 0.1) is 10.0 Å². The number of hydrogen-bond donors (Lipinski definition) is 1. The van der Waals surface area contributed by atoms with E-state index in [0.29, 0.717) is 39.8 Å². The summed E-state index contributed by atoms with van der Waals surface area (Å²) in [5, 5.41) is 10.2. The highest BCUT2D eigenvalue weighted by molar-refractivity contribution is 6.42. The van der Waals surface area contributed by atoms with E-state index in [1.807, 2.05) is 25.3 Å². The molecule has 0 saturated carbocycles. The molecule has 4 nitrogen and oxygen atoms in total. The van der Waals surface area contributed by atoms with E-state index in [1.165, 1.54) is 0 Å². The monoisotopic (exact) mass is 353 g/mol. The maximum Gasteiger partial charge on any atom is 0.341 e. The summed E-state index contributed by atoms with van der Waals surface area (Å²) in [6.07, 6.45) is 0.465. The normalized spacial score (nSPS) is 10.8. The third-order valence-electron chi connectivity index (χ3n) is 3.91. The summed E-state index contributed by atoms with van der Waals surface area (Å²) in [5.74, 6) is -1.21. The Hall–Kier alpha value is -1.78. The summed E-state index contributed by atoms with van der Waals surface area (Å²) in [5.41, 5.74) is 1.49. The van der Waals surface area contributed by atoms with E-state index < -0.39 is 11.4 Å². The summed E-state index contributed by atoms with van der Waals surface area (Å²) >= 11 is 12.0. The van der Waals surface area contributed by atoms with Gasteiger partial charge in [-0.25, -0.2) is 4.79 Å². The van der Waals surface area contributed by atoms with Crippen molar-refractivity contribution in [1.82, 2.24) is 4.57 Å². The summed E-state index contributed by atoms with van der Waals surface area (Å²) in [6, 6.07) is 4.86. The Morgan fingerprint density at radius 1 is 1.22 bits per heavy atom. The lowest BCUT2D eigenvalue weighted by atomic mass is 9.98. The SMILES string of the molecule is CCc1c(C(=O)O)c(=O)c(-c2ccc(Cl)c(Cl)c2)c(C)n1CC. The van der Waals surface area contributed by atoms with Crippen LogP contribution in [0.1, 0.15) is 35.6 Å². The van der Waals surface area contributed by atoms with Crippen LogP contribution in [-0.4, -0.2) is 15.6 Å². The number of pyridine rings is 1. The Morgan fingerprint density at radius 3 is 2.35 bits per heavy atom. The molecule has 1 N–H and O–H groups in total. The molecule has 0 unspecified atom stereocenters. The average molecular weight is 354 g/mol. The summed E-state index contributed by atoms with van der Waals surface area (Å²) in [7, 11) is 0. The maximum absolute atomic E-state index is 12.8. The van der Waals surface area contributed by atoms with E-state index in [-0.39, 0.29) is 5.56 Å². The molecule has 6 heteroatoms. The third-order valence-corrected chi connectivity index (χ3v) is 4.65. The first kappa shape index (κ1) is 17.6. The van der Waals surface area contributed by atoms with Crippen molar-refractivity contribution >= 4 is 29.2 Å². The van der Waals surface area contributed by atoms with Gasteiger partial charge in [0, 0.05) is 23.5 Å². The predicted octanol–water partition coefficient (Wildman–Crippen LogP) is 4.41. The van der Waals surface area contributed by atoms with Crippen LogP contribution in [0.3, 0.4) is 0 Å². The van der Waals surface area contributed by atoms with E-state index >= 15 is 0 Å². The molecule has 23 heavy (non-hydrogen) atoms. The van der Waals surface area contributed by atoms with Crippen molar-refractivity contribution in [3.63, 3.8) is 0 Å². The molecular weight excluding hydrogens is 337 g/mol. The first-order valence-electron chi connectivity index (χ1n) is 7.28. The van der Waals surface area contributed by atoms with E-state index in [1.54, 1.807) is 18.2 Å². The molecule has 0 bridgehead atoms. The van der Waals surface area contributed by atoms with Crippen molar-refractivity contribution in [1.29, 1.82) is 0 Å². The van der Waals surface area contributed by atoms with Crippen molar-refractivity contribution in [2.24, 2.45) is 0 Å². The number of carboxylic acids is 1. The van der Waals surface area contributed by atoms with Crippen LogP contribution in [0.25, 0.3) is 11.1 Å². The summed E-state index contributed by atoms with van der Waals surface area (Å²) in [4.78, 5) is 24.4. The fourth-order valence-corrected chi connectivity index (χ4v) is 3.20. The van der Waals surface area contributed by atoms with Gasteiger partial charge in [0.1, 0.15) is 5.56 Å². The van der Waals surface area contributed by atoms with Crippen LogP contribution < -0.4 is 5.43 Å². The Labute approximate surface area is 144 Å². The zero-order chi connectivity index (χ0) is 17.3. The Bertz CT molecular complexity index is 841. The quantitative estimate of drug-likeness (QED) is 0.885. The lowest BCUT2D eigenvalue weighted by molar-refractivity contribution is 0.0693. The molecule has 1 aromatic heterocycles. The molecule has 0 atom stereocenters. The molecule has 1 heterocycles. The summed E-state index contributed by atoms with van der Waals surface area (Å²) in [6.45, 7) is 6.14. The number of rotatable bonds is 4. The smallest absolute Gasteiger partial charge is 0.341 e. The van der Waals surface area contributed by atoms with Crippen LogP contribution in [0, 0.1) is 6.92 Å². The van der Waals surface area contributed by atoms with Crippen molar-refractivity contribution in [2.75, 3.05) is 0 Å². The molecule has 122 valence electrons. The lowest BCUT2D eigenvalue weighted by Crippen LogP contribution is -2.26. The fourth-order valence-electron chi connectivity index (χ4n) is 2.90. The van der Waals surface area contributed by atoms with Gasteiger partial charge in [-0.2, -0.15) is 0 Å². The molecule has 0 amide bonds. The highest BCUT2D eigenvalue weighted by Gasteiger charge is 2.23. The second-order valence-electron chi connectivity index (χ2n) is 5.14. The molecule has 0 spiro atoms. The largest absolute Gasteiger partial charge is 0.477 e. The highest BCUT2D eigenvalue weighted by Crippen LogP contribution is 2.29. The van der Waals surface area contributed by atoms with E-state index in [4.69, 9.17) is 23.2 Å². The number of halogens is 2.